The van der Waals surface area contributed by atoms with Gasteiger partial charge in [0.15, 0.2) is 6.10 Å². The molecule has 0 saturated heterocycles. The fourth-order valence-corrected chi connectivity index (χ4v) is 3.07. The first-order chi connectivity index (χ1) is 14.8. The molecule has 0 bridgehead atoms. The smallest absolute Gasteiger partial charge is 0.263 e. The molecular formula is C22H24ClN3O5. The van der Waals surface area contributed by atoms with Gasteiger partial charge >= 0.3 is 0 Å². The van der Waals surface area contributed by atoms with E-state index >= 15 is 0 Å². The van der Waals surface area contributed by atoms with E-state index in [2.05, 4.69) is 10.1 Å². The van der Waals surface area contributed by atoms with Crippen LogP contribution in [-0.2, 0) is 11.3 Å². The second kappa shape index (κ2) is 9.70. The van der Waals surface area contributed by atoms with Crippen LogP contribution in [0.4, 0.5) is 0 Å². The van der Waals surface area contributed by atoms with Crippen LogP contribution in [0.1, 0.15) is 18.4 Å². The monoisotopic (exact) mass is 445 g/mol. The number of hydrogen-bond acceptors (Lipinski definition) is 7. The molecule has 1 amide bonds. The van der Waals surface area contributed by atoms with Gasteiger partial charge in [0.25, 0.3) is 5.91 Å². The molecule has 3 aromatic rings. The number of rotatable bonds is 8. The van der Waals surface area contributed by atoms with Crippen molar-refractivity contribution in [3.05, 3.63) is 52.9 Å². The van der Waals surface area contributed by atoms with E-state index in [9.17, 15) is 4.79 Å². The van der Waals surface area contributed by atoms with E-state index in [0.717, 1.165) is 5.56 Å². The number of carbonyl (C=O) groups excluding carboxylic acids is 1. The molecule has 0 radical (unpaired) electrons. The van der Waals surface area contributed by atoms with Crippen LogP contribution in [-0.4, -0.2) is 48.3 Å². The lowest BCUT2D eigenvalue weighted by Crippen LogP contribution is -2.37. The number of likely N-dealkylation sites (N-methyl/N-ethyl adjacent to an activating group) is 1. The number of aromatic nitrogens is 2. The molecule has 2 aromatic carbocycles. The van der Waals surface area contributed by atoms with Crippen LogP contribution in [0.3, 0.4) is 0 Å². The van der Waals surface area contributed by atoms with E-state index in [4.69, 9.17) is 30.3 Å². The van der Waals surface area contributed by atoms with E-state index in [-0.39, 0.29) is 12.5 Å². The summed E-state index contributed by atoms with van der Waals surface area (Å²) in [7, 11) is 4.77. The van der Waals surface area contributed by atoms with Crippen LogP contribution in [0, 0.1) is 6.92 Å². The third kappa shape index (κ3) is 5.27. The summed E-state index contributed by atoms with van der Waals surface area (Å²) in [6.45, 7) is 3.70. The molecule has 0 aliphatic rings. The average Bonchev–Trinajstić information content (AvgIpc) is 3.23. The molecule has 3 rings (SSSR count). The Labute approximate surface area is 185 Å². The van der Waals surface area contributed by atoms with E-state index in [1.165, 1.54) is 4.90 Å². The summed E-state index contributed by atoms with van der Waals surface area (Å²) >= 11 is 6.03. The topological polar surface area (TPSA) is 86.9 Å². The molecule has 1 aromatic heterocycles. The summed E-state index contributed by atoms with van der Waals surface area (Å²) in [6.07, 6.45) is -0.699. The molecule has 9 heteroatoms. The molecule has 0 spiro atoms. The Kier molecular flexibility index (Phi) is 7.02. The van der Waals surface area contributed by atoms with Crippen molar-refractivity contribution in [2.45, 2.75) is 26.5 Å². The van der Waals surface area contributed by atoms with Crippen LogP contribution >= 0.6 is 11.6 Å². The zero-order chi connectivity index (χ0) is 22.5. The standard InChI is InChI=1S/C22H24ClN3O5/c1-13-10-16(7-9-18(13)23)30-14(2)22(27)26(3)12-20-24-21(25-31-20)17-8-6-15(28-4)11-19(17)29-5/h6-11,14H,12H2,1-5H3/t14-/m1/s1. The highest BCUT2D eigenvalue weighted by Crippen LogP contribution is 2.31. The zero-order valence-corrected chi connectivity index (χ0v) is 18.8. The van der Waals surface area contributed by atoms with Gasteiger partial charge in [-0.2, -0.15) is 4.98 Å². The summed E-state index contributed by atoms with van der Waals surface area (Å²) in [5.74, 6) is 2.20. The first-order valence-corrected chi connectivity index (χ1v) is 9.93. The number of hydrogen-bond donors (Lipinski definition) is 0. The van der Waals surface area contributed by atoms with Crippen molar-refractivity contribution in [3.63, 3.8) is 0 Å². The third-order valence-corrected chi connectivity index (χ3v) is 5.08. The molecule has 0 fully saturated rings. The lowest BCUT2D eigenvalue weighted by molar-refractivity contribution is -0.137. The Hall–Kier alpha value is -3.26. The number of amides is 1. The van der Waals surface area contributed by atoms with Crippen LogP contribution in [0.2, 0.25) is 5.02 Å². The molecule has 0 aliphatic heterocycles. The van der Waals surface area contributed by atoms with Crippen LogP contribution < -0.4 is 14.2 Å². The van der Waals surface area contributed by atoms with Gasteiger partial charge in [-0.15, -0.1) is 0 Å². The second-order valence-electron chi connectivity index (χ2n) is 6.94. The van der Waals surface area contributed by atoms with Gasteiger partial charge in [0.1, 0.15) is 17.2 Å². The van der Waals surface area contributed by atoms with Crippen molar-refractivity contribution < 1.29 is 23.5 Å². The third-order valence-electron chi connectivity index (χ3n) is 4.66. The number of ether oxygens (including phenoxy) is 3. The van der Waals surface area contributed by atoms with Crippen LogP contribution in [0.15, 0.2) is 40.9 Å². The van der Waals surface area contributed by atoms with E-state index in [1.54, 1.807) is 64.6 Å². The van der Waals surface area contributed by atoms with Gasteiger partial charge in [-0.1, -0.05) is 16.8 Å². The molecule has 0 N–H and O–H groups in total. The summed E-state index contributed by atoms with van der Waals surface area (Å²) in [5, 5.41) is 4.65. The minimum absolute atomic E-state index is 0.137. The fourth-order valence-electron chi connectivity index (χ4n) is 2.95. The summed E-state index contributed by atoms with van der Waals surface area (Å²) in [6, 6.07) is 10.6. The maximum atomic E-state index is 12.7. The Morgan fingerprint density at radius 1 is 1.16 bits per heavy atom. The Balaban J connectivity index is 1.67. The first kappa shape index (κ1) is 22.4. The highest BCUT2D eigenvalue weighted by Gasteiger charge is 2.22. The molecule has 0 saturated carbocycles. The van der Waals surface area contributed by atoms with Crippen molar-refractivity contribution >= 4 is 17.5 Å². The second-order valence-corrected chi connectivity index (χ2v) is 7.35. The SMILES string of the molecule is COc1ccc(-c2noc(CN(C)C(=O)[C@@H](C)Oc3ccc(Cl)c(C)c3)n2)c(OC)c1. The van der Waals surface area contributed by atoms with Crippen LogP contribution in [0.5, 0.6) is 17.2 Å². The van der Waals surface area contributed by atoms with Gasteiger partial charge in [-0.05, 0) is 49.7 Å². The lowest BCUT2D eigenvalue weighted by atomic mass is 10.2. The highest BCUT2D eigenvalue weighted by atomic mass is 35.5. The first-order valence-electron chi connectivity index (χ1n) is 9.55. The van der Waals surface area contributed by atoms with Crippen molar-refractivity contribution in [1.82, 2.24) is 15.0 Å². The minimum Gasteiger partial charge on any atom is -0.497 e. The summed E-state index contributed by atoms with van der Waals surface area (Å²) < 4.78 is 21.7. The Morgan fingerprint density at radius 2 is 1.90 bits per heavy atom. The highest BCUT2D eigenvalue weighted by molar-refractivity contribution is 6.31. The predicted octanol–water partition coefficient (Wildman–Crippen LogP) is 4.14. The molecule has 8 nitrogen and oxygen atoms in total. The minimum atomic E-state index is -0.699. The van der Waals surface area contributed by atoms with Crippen molar-refractivity contribution in [3.8, 4) is 28.6 Å². The molecule has 0 aliphatic carbocycles. The maximum Gasteiger partial charge on any atom is 0.263 e. The van der Waals surface area contributed by atoms with Gasteiger partial charge in [-0.25, -0.2) is 0 Å². The maximum absolute atomic E-state index is 12.7. The number of carbonyl (C=O) groups is 1. The number of aryl methyl sites for hydroxylation is 1. The normalized spacial score (nSPS) is 11.7. The van der Waals surface area contributed by atoms with Crippen molar-refractivity contribution in [2.75, 3.05) is 21.3 Å². The number of benzene rings is 2. The van der Waals surface area contributed by atoms with E-state index in [1.807, 2.05) is 6.92 Å². The molecule has 0 unspecified atom stereocenters. The van der Waals surface area contributed by atoms with Gasteiger partial charge in [0.05, 0.1) is 26.3 Å². The van der Waals surface area contributed by atoms with Gasteiger partial charge in [0.2, 0.25) is 11.7 Å². The fraction of sp³-hybridized carbons (Fsp3) is 0.318. The number of nitrogens with zero attached hydrogens (tertiary/aromatic N) is 3. The quantitative estimate of drug-likeness (QED) is 0.514. The molecule has 164 valence electrons. The van der Waals surface area contributed by atoms with Gasteiger partial charge < -0.3 is 23.6 Å². The molecular weight excluding hydrogens is 422 g/mol. The number of halogens is 1. The number of methoxy groups -OCH3 is 2. The van der Waals surface area contributed by atoms with Crippen molar-refractivity contribution in [1.29, 1.82) is 0 Å². The average molecular weight is 446 g/mol. The lowest BCUT2D eigenvalue weighted by Gasteiger charge is -2.21. The van der Waals surface area contributed by atoms with Gasteiger partial charge in [-0.3, -0.25) is 4.79 Å². The van der Waals surface area contributed by atoms with E-state index in [0.29, 0.717) is 39.5 Å². The zero-order valence-electron chi connectivity index (χ0n) is 18.0. The van der Waals surface area contributed by atoms with Crippen molar-refractivity contribution in [2.24, 2.45) is 0 Å². The largest absolute Gasteiger partial charge is 0.497 e. The Bertz CT molecular complexity index is 1070. The molecule has 1 atom stereocenters. The summed E-state index contributed by atoms with van der Waals surface area (Å²) in [4.78, 5) is 18.6. The molecule has 31 heavy (non-hydrogen) atoms. The Morgan fingerprint density at radius 3 is 2.58 bits per heavy atom. The molecule has 1 heterocycles. The predicted molar refractivity (Wildman–Crippen MR) is 116 cm³/mol. The van der Waals surface area contributed by atoms with Crippen LogP contribution in [0.25, 0.3) is 11.4 Å². The summed E-state index contributed by atoms with van der Waals surface area (Å²) in [5.41, 5.74) is 1.53. The van der Waals surface area contributed by atoms with E-state index < -0.39 is 6.10 Å². The van der Waals surface area contributed by atoms with Gasteiger partial charge in [0, 0.05) is 18.1 Å².